The molecule has 0 radical (unpaired) electrons. The SMILES string of the molecule is COc1ccc(CC2(C#N)CC2)cc1Br. The van der Waals surface area contributed by atoms with E-state index in [1.807, 2.05) is 18.2 Å². The molecule has 1 aromatic carbocycles. The summed E-state index contributed by atoms with van der Waals surface area (Å²) in [7, 11) is 1.65. The van der Waals surface area contributed by atoms with Crippen LogP contribution in [0.3, 0.4) is 0 Å². The van der Waals surface area contributed by atoms with Crippen LogP contribution < -0.4 is 4.74 Å². The van der Waals surface area contributed by atoms with Gasteiger partial charge in [-0.05, 0) is 52.9 Å². The van der Waals surface area contributed by atoms with Crippen LogP contribution in [-0.4, -0.2) is 7.11 Å². The molecule has 1 aromatic rings. The zero-order valence-electron chi connectivity index (χ0n) is 8.59. The lowest BCUT2D eigenvalue weighted by Gasteiger charge is -2.08. The number of halogens is 1. The molecule has 0 spiro atoms. The summed E-state index contributed by atoms with van der Waals surface area (Å²) < 4.78 is 6.11. The van der Waals surface area contributed by atoms with E-state index in [4.69, 9.17) is 10.00 Å². The summed E-state index contributed by atoms with van der Waals surface area (Å²) in [6, 6.07) is 8.41. The lowest BCUT2D eigenvalue weighted by molar-refractivity contribution is 0.412. The quantitative estimate of drug-likeness (QED) is 0.840. The number of rotatable bonds is 3. The second kappa shape index (κ2) is 3.86. The number of methoxy groups -OCH3 is 1. The average molecular weight is 266 g/mol. The number of nitrogens with zero attached hydrogens (tertiary/aromatic N) is 1. The van der Waals surface area contributed by atoms with Crippen molar-refractivity contribution in [2.24, 2.45) is 5.41 Å². The summed E-state index contributed by atoms with van der Waals surface area (Å²) in [5.74, 6) is 0.834. The Balaban J connectivity index is 2.17. The topological polar surface area (TPSA) is 33.0 Å². The Morgan fingerprint density at radius 3 is 2.73 bits per heavy atom. The van der Waals surface area contributed by atoms with Gasteiger partial charge >= 0.3 is 0 Å². The summed E-state index contributed by atoms with van der Waals surface area (Å²) in [6.45, 7) is 0. The van der Waals surface area contributed by atoms with Gasteiger partial charge in [-0.2, -0.15) is 5.26 Å². The lowest BCUT2D eigenvalue weighted by Crippen LogP contribution is -2.01. The van der Waals surface area contributed by atoms with Gasteiger partial charge in [-0.3, -0.25) is 0 Å². The normalized spacial score (nSPS) is 16.9. The molecule has 1 aliphatic carbocycles. The highest BCUT2D eigenvalue weighted by Crippen LogP contribution is 2.48. The van der Waals surface area contributed by atoms with Gasteiger partial charge in [0.05, 0.1) is 23.1 Å². The molecule has 0 N–H and O–H groups in total. The van der Waals surface area contributed by atoms with Gasteiger partial charge in [-0.25, -0.2) is 0 Å². The van der Waals surface area contributed by atoms with Crippen LogP contribution in [0, 0.1) is 16.7 Å². The second-order valence-corrected chi connectivity index (χ2v) is 4.89. The smallest absolute Gasteiger partial charge is 0.133 e. The Morgan fingerprint density at radius 2 is 2.27 bits per heavy atom. The van der Waals surface area contributed by atoms with Gasteiger partial charge in [0.2, 0.25) is 0 Å². The fourth-order valence-electron chi connectivity index (χ4n) is 1.69. The predicted molar refractivity (Wildman–Crippen MR) is 61.7 cm³/mol. The summed E-state index contributed by atoms with van der Waals surface area (Å²) in [5.41, 5.74) is 1.12. The minimum absolute atomic E-state index is 0.0754. The standard InChI is InChI=1S/C12H12BrNO/c1-15-11-3-2-9(6-10(11)13)7-12(8-14)4-5-12/h2-3,6H,4-5,7H2,1H3. The van der Waals surface area contributed by atoms with Crippen molar-refractivity contribution in [3.8, 4) is 11.8 Å². The van der Waals surface area contributed by atoms with Crippen molar-refractivity contribution in [2.75, 3.05) is 7.11 Å². The van der Waals surface area contributed by atoms with Crippen LogP contribution in [0.1, 0.15) is 18.4 Å². The van der Waals surface area contributed by atoms with E-state index in [1.165, 1.54) is 5.56 Å². The Labute approximate surface area is 98.0 Å². The first-order chi connectivity index (χ1) is 7.19. The van der Waals surface area contributed by atoms with Gasteiger partial charge in [-0.15, -0.1) is 0 Å². The fraction of sp³-hybridized carbons (Fsp3) is 0.417. The average Bonchev–Trinajstić information content (AvgIpc) is 2.99. The number of ether oxygens (including phenoxy) is 1. The van der Waals surface area contributed by atoms with Gasteiger partial charge in [0.25, 0.3) is 0 Å². The largest absolute Gasteiger partial charge is 0.496 e. The first kappa shape index (κ1) is 10.5. The van der Waals surface area contributed by atoms with Gasteiger partial charge in [0, 0.05) is 0 Å². The number of nitriles is 1. The van der Waals surface area contributed by atoms with Crippen LogP contribution in [0.2, 0.25) is 0 Å². The van der Waals surface area contributed by atoms with Crippen LogP contribution >= 0.6 is 15.9 Å². The third kappa shape index (κ3) is 2.15. The molecule has 0 atom stereocenters. The van der Waals surface area contributed by atoms with Crippen LogP contribution in [0.15, 0.2) is 22.7 Å². The maximum atomic E-state index is 9.00. The van der Waals surface area contributed by atoms with E-state index in [0.29, 0.717) is 0 Å². The Morgan fingerprint density at radius 1 is 1.53 bits per heavy atom. The second-order valence-electron chi connectivity index (χ2n) is 4.04. The maximum Gasteiger partial charge on any atom is 0.133 e. The molecule has 1 aliphatic rings. The third-order valence-corrected chi connectivity index (χ3v) is 3.47. The van der Waals surface area contributed by atoms with Crippen molar-refractivity contribution >= 4 is 15.9 Å². The van der Waals surface area contributed by atoms with Crippen molar-refractivity contribution in [3.05, 3.63) is 28.2 Å². The highest BCUT2D eigenvalue weighted by Gasteiger charge is 2.42. The summed E-state index contributed by atoms with van der Waals surface area (Å²) in [4.78, 5) is 0. The van der Waals surface area contributed by atoms with Gasteiger partial charge in [0.15, 0.2) is 0 Å². The van der Waals surface area contributed by atoms with E-state index in [9.17, 15) is 0 Å². The lowest BCUT2D eigenvalue weighted by atomic mass is 9.98. The van der Waals surface area contributed by atoms with E-state index in [1.54, 1.807) is 7.11 Å². The van der Waals surface area contributed by atoms with Crippen LogP contribution in [0.5, 0.6) is 5.75 Å². The van der Waals surface area contributed by atoms with Crippen molar-refractivity contribution < 1.29 is 4.74 Å². The fourth-order valence-corrected chi connectivity index (χ4v) is 2.28. The zero-order valence-corrected chi connectivity index (χ0v) is 10.2. The molecule has 0 aliphatic heterocycles. The molecule has 15 heavy (non-hydrogen) atoms. The molecule has 1 saturated carbocycles. The minimum atomic E-state index is -0.0754. The van der Waals surface area contributed by atoms with Crippen molar-refractivity contribution in [3.63, 3.8) is 0 Å². The van der Waals surface area contributed by atoms with E-state index >= 15 is 0 Å². The third-order valence-electron chi connectivity index (χ3n) is 2.85. The molecule has 0 heterocycles. The van der Waals surface area contributed by atoms with Gasteiger partial charge in [0.1, 0.15) is 5.75 Å². The highest BCUT2D eigenvalue weighted by molar-refractivity contribution is 9.10. The first-order valence-electron chi connectivity index (χ1n) is 4.93. The number of hydrogen-bond acceptors (Lipinski definition) is 2. The first-order valence-corrected chi connectivity index (χ1v) is 5.72. The van der Waals surface area contributed by atoms with Crippen molar-refractivity contribution in [1.29, 1.82) is 5.26 Å². The highest BCUT2D eigenvalue weighted by atomic mass is 79.9. The van der Waals surface area contributed by atoms with Crippen LogP contribution in [0.25, 0.3) is 0 Å². The monoisotopic (exact) mass is 265 g/mol. The van der Waals surface area contributed by atoms with E-state index in [2.05, 4.69) is 22.0 Å². The zero-order chi connectivity index (χ0) is 10.9. The summed E-state index contributed by atoms with van der Waals surface area (Å²) in [5, 5.41) is 9.00. The molecule has 0 unspecified atom stereocenters. The van der Waals surface area contributed by atoms with Crippen molar-refractivity contribution in [1.82, 2.24) is 0 Å². The molecule has 0 saturated heterocycles. The molecule has 1 fully saturated rings. The number of hydrogen-bond donors (Lipinski definition) is 0. The molecular formula is C12H12BrNO. The molecule has 3 heteroatoms. The van der Waals surface area contributed by atoms with E-state index in [0.717, 1.165) is 29.5 Å². The van der Waals surface area contributed by atoms with Crippen molar-refractivity contribution in [2.45, 2.75) is 19.3 Å². The summed E-state index contributed by atoms with van der Waals surface area (Å²) in [6.07, 6.45) is 2.92. The molecule has 0 bridgehead atoms. The maximum absolute atomic E-state index is 9.00. The predicted octanol–water partition coefficient (Wildman–Crippen LogP) is 3.30. The van der Waals surface area contributed by atoms with Gasteiger partial charge in [-0.1, -0.05) is 6.07 Å². The number of benzene rings is 1. The Bertz CT molecular complexity index is 418. The molecule has 0 amide bonds. The Hall–Kier alpha value is -1.01. The molecule has 2 nitrogen and oxygen atoms in total. The Kier molecular flexibility index (Phi) is 2.70. The molecule has 78 valence electrons. The summed E-state index contributed by atoms with van der Waals surface area (Å²) >= 11 is 3.45. The molecular weight excluding hydrogens is 254 g/mol. The minimum Gasteiger partial charge on any atom is -0.496 e. The van der Waals surface area contributed by atoms with E-state index < -0.39 is 0 Å². The van der Waals surface area contributed by atoms with E-state index in [-0.39, 0.29) is 5.41 Å². The van der Waals surface area contributed by atoms with Crippen LogP contribution in [-0.2, 0) is 6.42 Å². The van der Waals surface area contributed by atoms with Crippen LogP contribution in [0.4, 0.5) is 0 Å². The van der Waals surface area contributed by atoms with Gasteiger partial charge < -0.3 is 4.74 Å². The molecule has 0 aromatic heterocycles. The molecule has 2 rings (SSSR count).